The molecule has 5 nitrogen and oxygen atoms in total. The van der Waals surface area contributed by atoms with Gasteiger partial charge in [0.05, 0.1) is 19.3 Å². The number of ether oxygens (including phenoxy) is 3. The zero-order valence-corrected chi connectivity index (χ0v) is 28.2. The number of hydrogen-bond acceptors (Lipinski definition) is 5. The number of hydrogen-bond donors (Lipinski definition) is 0. The third-order valence-corrected chi connectivity index (χ3v) is 18.1. The Morgan fingerprint density at radius 3 is 1.46 bits per heavy atom. The van der Waals surface area contributed by atoms with E-state index in [0.29, 0.717) is 13.2 Å². The number of benzene rings is 1. The molecule has 1 aliphatic rings. The van der Waals surface area contributed by atoms with Crippen LogP contribution in [-0.4, -0.2) is 49.2 Å². The summed E-state index contributed by atoms with van der Waals surface area (Å²) in [7, 11) is -2.02. The van der Waals surface area contributed by atoms with Crippen LogP contribution in [-0.2, 0) is 18.3 Å². The Hall–Kier alpha value is -0.706. The van der Waals surface area contributed by atoms with Crippen molar-refractivity contribution in [3.05, 3.63) is 29.8 Å². The van der Waals surface area contributed by atoms with Crippen LogP contribution in [0.5, 0.6) is 5.75 Å². The Kier molecular flexibility index (Phi) is 10.7. The van der Waals surface area contributed by atoms with Crippen LogP contribution >= 0.6 is 0 Å². The van der Waals surface area contributed by atoms with Crippen molar-refractivity contribution in [1.29, 1.82) is 0 Å². The Bertz CT molecular complexity index is 795. The van der Waals surface area contributed by atoms with Crippen LogP contribution in [0.1, 0.15) is 74.2 Å². The van der Waals surface area contributed by atoms with Crippen LogP contribution in [0.25, 0.3) is 0 Å². The summed E-state index contributed by atoms with van der Waals surface area (Å²) in [5, 5.41) is 0.358. The molecule has 7 heteroatoms. The van der Waals surface area contributed by atoms with Crippen LogP contribution in [0, 0.1) is 17.8 Å². The van der Waals surface area contributed by atoms with Gasteiger partial charge in [0, 0.05) is 36.5 Å². The highest BCUT2D eigenvalue weighted by atomic mass is 28.4. The number of methoxy groups -OCH3 is 1. The fraction of sp³-hybridized carbons (Fsp3) is 0.800. The van der Waals surface area contributed by atoms with Gasteiger partial charge >= 0.3 is 0 Å². The molecule has 0 spiro atoms. The summed E-state index contributed by atoms with van der Waals surface area (Å²) in [6.07, 6.45) is -0.389. The second kappa shape index (κ2) is 12.2. The Morgan fingerprint density at radius 1 is 0.757 bits per heavy atom. The Morgan fingerprint density at radius 2 is 1.14 bits per heavy atom. The summed E-state index contributed by atoms with van der Waals surface area (Å²) in [6, 6.07) is 8.03. The van der Waals surface area contributed by atoms with Gasteiger partial charge in [0.25, 0.3) is 0 Å². The quantitative estimate of drug-likeness (QED) is 0.273. The first kappa shape index (κ1) is 32.5. The monoisotopic (exact) mass is 552 g/mol. The fourth-order valence-corrected chi connectivity index (χ4v) is 6.50. The van der Waals surface area contributed by atoms with Gasteiger partial charge in [-0.25, -0.2) is 0 Å². The van der Waals surface area contributed by atoms with Gasteiger partial charge in [0.2, 0.25) is 0 Å². The van der Waals surface area contributed by atoms with Gasteiger partial charge in [-0.15, -0.1) is 0 Å². The minimum atomic E-state index is -1.85. The van der Waals surface area contributed by atoms with Gasteiger partial charge in [-0.3, -0.25) is 0 Å². The molecule has 1 saturated heterocycles. The highest BCUT2D eigenvalue weighted by Gasteiger charge is 2.45. The Balaban J connectivity index is 2.26. The molecule has 1 heterocycles. The van der Waals surface area contributed by atoms with Gasteiger partial charge in [0.15, 0.2) is 22.9 Å². The predicted octanol–water partition coefficient (Wildman–Crippen LogP) is 8.43. The van der Waals surface area contributed by atoms with E-state index in [-0.39, 0.29) is 40.0 Å². The lowest BCUT2D eigenvalue weighted by Crippen LogP contribution is -2.51. The summed E-state index contributed by atoms with van der Waals surface area (Å²) in [6.45, 7) is 31.2. The van der Waals surface area contributed by atoms with Crippen molar-refractivity contribution in [3.8, 4) is 5.75 Å². The molecule has 2 unspecified atom stereocenters. The van der Waals surface area contributed by atoms with Crippen molar-refractivity contribution in [3.63, 3.8) is 0 Å². The lowest BCUT2D eigenvalue weighted by Gasteiger charge is -2.46. The van der Waals surface area contributed by atoms with E-state index in [2.05, 4.69) is 88.5 Å². The molecule has 1 aromatic rings. The summed E-state index contributed by atoms with van der Waals surface area (Å²) in [5.41, 5.74) is 1.01. The van der Waals surface area contributed by atoms with Crippen molar-refractivity contribution in [2.45, 2.75) is 117 Å². The summed E-state index contributed by atoms with van der Waals surface area (Å²) >= 11 is 0. The van der Waals surface area contributed by atoms with Crippen LogP contribution in [0.15, 0.2) is 24.3 Å². The van der Waals surface area contributed by atoms with E-state index < -0.39 is 22.9 Å². The third-order valence-electron chi connectivity index (χ3n) is 9.13. The largest absolute Gasteiger partial charge is 0.497 e. The van der Waals surface area contributed by atoms with E-state index in [4.69, 9.17) is 23.1 Å². The zero-order chi connectivity index (χ0) is 28.4. The van der Waals surface area contributed by atoms with Gasteiger partial charge in [-0.2, -0.15) is 0 Å². The lowest BCUT2D eigenvalue weighted by atomic mass is 9.83. The first-order valence-electron chi connectivity index (χ1n) is 14.0. The van der Waals surface area contributed by atoms with Crippen LogP contribution < -0.4 is 4.74 Å². The van der Waals surface area contributed by atoms with Gasteiger partial charge < -0.3 is 23.1 Å². The molecule has 0 bridgehead atoms. The van der Waals surface area contributed by atoms with E-state index in [1.54, 1.807) is 7.11 Å². The van der Waals surface area contributed by atoms with Crippen LogP contribution in [0.2, 0.25) is 36.3 Å². The molecule has 0 N–H and O–H groups in total. The van der Waals surface area contributed by atoms with E-state index in [1.165, 1.54) is 0 Å². The molecule has 0 saturated carbocycles. The molecule has 0 radical (unpaired) electrons. The van der Waals surface area contributed by atoms with Crippen molar-refractivity contribution < 1.29 is 23.1 Å². The normalized spacial score (nSPS) is 25.6. The average Bonchev–Trinajstić information content (AvgIpc) is 2.80. The van der Waals surface area contributed by atoms with Gasteiger partial charge in [-0.1, -0.05) is 74.4 Å². The fourth-order valence-electron chi connectivity index (χ4n) is 4.28. The second-order valence-corrected chi connectivity index (χ2v) is 23.9. The minimum absolute atomic E-state index is 0.0194. The highest BCUT2D eigenvalue weighted by molar-refractivity contribution is 6.74. The summed E-state index contributed by atoms with van der Waals surface area (Å²) in [5.74, 6) is 1.52. The van der Waals surface area contributed by atoms with Gasteiger partial charge in [-0.05, 0) is 48.4 Å². The molecule has 214 valence electrons. The maximum atomic E-state index is 6.69. The van der Waals surface area contributed by atoms with Crippen LogP contribution in [0.4, 0.5) is 0 Å². The zero-order valence-electron chi connectivity index (χ0n) is 26.2. The molecule has 1 aliphatic heterocycles. The summed E-state index contributed by atoms with van der Waals surface area (Å²) < 4.78 is 32.0. The highest BCUT2D eigenvalue weighted by Crippen LogP contribution is 2.42. The second-order valence-electron chi connectivity index (χ2n) is 14.3. The minimum Gasteiger partial charge on any atom is -0.497 e. The van der Waals surface area contributed by atoms with Crippen LogP contribution in [0.3, 0.4) is 0 Å². The molecular formula is C30H56O5Si2. The molecule has 1 aromatic carbocycles. The smallest absolute Gasteiger partial charge is 0.191 e. The molecule has 1 fully saturated rings. The standard InChI is InChI=1S/C30H56O5Si2/c1-21(19-32-36(11,12)29(4,5)6)26-23(3)27(22(2)20-33-37(13,14)30(7,8)9)35-28(34-26)24-15-17-25(31-10)18-16-24/h15-18,21-23,26-28H,19-20H2,1-14H3/t21-,22-,23?,26-,27+,28?/m0/s1. The van der Waals surface area contributed by atoms with E-state index in [0.717, 1.165) is 11.3 Å². The van der Waals surface area contributed by atoms with E-state index in [9.17, 15) is 0 Å². The average molecular weight is 553 g/mol. The van der Waals surface area contributed by atoms with Gasteiger partial charge in [0.1, 0.15) is 5.75 Å². The molecule has 0 aromatic heterocycles. The topological polar surface area (TPSA) is 46.2 Å². The lowest BCUT2D eigenvalue weighted by molar-refractivity contribution is -0.292. The van der Waals surface area contributed by atoms with Crippen molar-refractivity contribution in [2.24, 2.45) is 17.8 Å². The maximum absolute atomic E-state index is 6.69. The molecular weight excluding hydrogens is 496 g/mol. The molecule has 0 aliphatic carbocycles. The van der Waals surface area contributed by atoms with Crippen molar-refractivity contribution >= 4 is 16.6 Å². The molecule has 6 atom stereocenters. The first-order chi connectivity index (χ1) is 16.8. The van der Waals surface area contributed by atoms with E-state index >= 15 is 0 Å². The maximum Gasteiger partial charge on any atom is 0.191 e. The summed E-state index contributed by atoms with van der Waals surface area (Å²) in [4.78, 5) is 0. The Labute approximate surface area is 230 Å². The molecule has 0 amide bonds. The first-order valence-corrected chi connectivity index (χ1v) is 19.8. The SMILES string of the molecule is COc1ccc(C2O[C@@H]([C@@H](C)CO[Si](C)(C)C(C)(C)C)C(C)[C@@H]([C@@H](C)CO[Si](C)(C)C(C)(C)C)O2)cc1. The molecule has 37 heavy (non-hydrogen) atoms. The van der Waals surface area contributed by atoms with E-state index in [1.807, 2.05) is 24.3 Å². The molecule has 2 rings (SSSR count). The van der Waals surface area contributed by atoms with Crippen molar-refractivity contribution in [2.75, 3.05) is 20.3 Å². The number of rotatable bonds is 10. The third kappa shape index (κ3) is 8.15. The van der Waals surface area contributed by atoms with Crippen molar-refractivity contribution in [1.82, 2.24) is 0 Å². The predicted molar refractivity (Wildman–Crippen MR) is 159 cm³/mol.